The van der Waals surface area contributed by atoms with Crippen LogP contribution < -0.4 is 0 Å². The van der Waals surface area contributed by atoms with E-state index in [0.29, 0.717) is 0 Å². The molecule has 0 atom stereocenters. The number of para-hydroxylation sites is 1. The van der Waals surface area contributed by atoms with Crippen molar-refractivity contribution in [2.24, 2.45) is 0 Å². The third-order valence-electron chi connectivity index (χ3n) is 1.46. The molecule has 0 amide bonds. The van der Waals surface area contributed by atoms with Crippen molar-refractivity contribution in [3.8, 4) is 0 Å². The van der Waals surface area contributed by atoms with E-state index in [0.717, 1.165) is 0 Å². The number of hydrogen-bond donors (Lipinski definition) is 2. The summed E-state index contributed by atoms with van der Waals surface area (Å²) in [6.07, 6.45) is -0.431. The van der Waals surface area contributed by atoms with E-state index in [9.17, 15) is 4.79 Å². The highest BCUT2D eigenvalue weighted by Crippen LogP contribution is 2.16. The SMILES string of the molecule is [2H]c1[nH]c2c([2H])c([2H])c([2H])c([2H])c2c1C(=O)O. The van der Waals surface area contributed by atoms with E-state index in [1.54, 1.807) is 0 Å². The van der Waals surface area contributed by atoms with Crippen LogP contribution >= 0.6 is 0 Å². The minimum Gasteiger partial charge on any atom is -0.478 e. The van der Waals surface area contributed by atoms with Crippen molar-refractivity contribution < 1.29 is 16.8 Å². The molecular weight excluding hydrogens is 154 g/mol. The van der Waals surface area contributed by atoms with Crippen LogP contribution in [0.25, 0.3) is 10.9 Å². The van der Waals surface area contributed by atoms with Gasteiger partial charge in [0.1, 0.15) is 0 Å². The number of carboxylic acids is 1. The van der Waals surface area contributed by atoms with Gasteiger partial charge in [-0.1, -0.05) is 18.1 Å². The Labute approximate surface area is 75.7 Å². The van der Waals surface area contributed by atoms with Crippen LogP contribution in [0.4, 0.5) is 0 Å². The number of rotatable bonds is 1. The summed E-state index contributed by atoms with van der Waals surface area (Å²) in [7, 11) is 0. The zero-order chi connectivity index (χ0) is 12.9. The molecule has 0 bridgehead atoms. The molecule has 0 aliphatic rings. The van der Waals surface area contributed by atoms with E-state index >= 15 is 0 Å². The lowest BCUT2D eigenvalue weighted by molar-refractivity contribution is 0.0699. The van der Waals surface area contributed by atoms with Gasteiger partial charge in [0, 0.05) is 17.1 Å². The lowest BCUT2D eigenvalue weighted by Gasteiger charge is -1.89. The fourth-order valence-electron chi connectivity index (χ4n) is 0.942. The lowest BCUT2D eigenvalue weighted by Crippen LogP contribution is -1.92. The summed E-state index contributed by atoms with van der Waals surface area (Å²) in [5.74, 6) is -1.40. The van der Waals surface area contributed by atoms with Gasteiger partial charge >= 0.3 is 5.97 Å². The van der Waals surface area contributed by atoms with Crippen LogP contribution in [0.15, 0.2) is 30.3 Å². The molecule has 0 aliphatic carbocycles. The van der Waals surface area contributed by atoms with Gasteiger partial charge in [-0.25, -0.2) is 4.79 Å². The molecule has 0 spiro atoms. The van der Waals surface area contributed by atoms with Crippen LogP contribution in [-0.2, 0) is 0 Å². The van der Waals surface area contributed by atoms with E-state index < -0.39 is 35.8 Å². The maximum Gasteiger partial charge on any atom is 0.337 e. The number of fused-ring (bicyclic) bond motifs is 1. The maximum atomic E-state index is 11.0. The molecule has 1 heterocycles. The van der Waals surface area contributed by atoms with Crippen LogP contribution in [0.5, 0.6) is 0 Å². The Hall–Kier alpha value is -1.77. The first-order valence-corrected chi connectivity index (χ1v) is 3.18. The molecule has 0 saturated carbocycles. The monoisotopic (exact) mass is 166 g/mol. The fraction of sp³-hybridized carbons (Fsp3) is 0. The highest BCUT2D eigenvalue weighted by Gasteiger charge is 2.08. The Morgan fingerprint density at radius 3 is 3.00 bits per heavy atom. The van der Waals surface area contributed by atoms with Crippen molar-refractivity contribution in [1.29, 1.82) is 0 Å². The Kier molecular flexibility index (Phi) is 0.654. The van der Waals surface area contributed by atoms with Gasteiger partial charge in [0.15, 0.2) is 0 Å². The highest BCUT2D eigenvalue weighted by atomic mass is 16.4. The lowest BCUT2D eigenvalue weighted by atomic mass is 10.2. The molecule has 1 aromatic carbocycles. The topological polar surface area (TPSA) is 53.1 Å². The molecule has 0 aliphatic heterocycles. The molecule has 60 valence electrons. The number of aromatic amines is 1. The van der Waals surface area contributed by atoms with Crippen LogP contribution in [-0.4, -0.2) is 16.1 Å². The summed E-state index contributed by atoms with van der Waals surface area (Å²) >= 11 is 0. The summed E-state index contributed by atoms with van der Waals surface area (Å²) in [5.41, 5.74) is -0.495. The van der Waals surface area contributed by atoms with Gasteiger partial charge in [-0.05, 0) is 6.04 Å². The minimum atomic E-state index is -1.40. The summed E-state index contributed by atoms with van der Waals surface area (Å²) in [4.78, 5) is 13.3. The normalized spacial score (nSPS) is 16.2. The van der Waals surface area contributed by atoms with Crippen molar-refractivity contribution in [1.82, 2.24) is 4.98 Å². The van der Waals surface area contributed by atoms with E-state index in [-0.39, 0.29) is 16.9 Å². The largest absolute Gasteiger partial charge is 0.478 e. The second-order valence-electron chi connectivity index (χ2n) is 2.18. The number of benzene rings is 1. The average molecular weight is 166 g/mol. The number of hydrogen-bond acceptors (Lipinski definition) is 1. The Bertz CT molecular complexity index is 649. The first-order chi connectivity index (χ1) is 7.86. The Balaban J connectivity index is 3.07. The maximum absolute atomic E-state index is 11.0. The predicted octanol–water partition coefficient (Wildman–Crippen LogP) is 1.87. The van der Waals surface area contributed by atoms with Gasteiger partial charge in [-0.2, -0.15) is 0 Å². The van der Waals surface area contributed by atoms with Crippen molar-refractivity contribution in [2.45, 2.75) is 0 Å². The molecule has 3 heteroatoms. The first-order valence-electron chi connectivity index (χ1n) is 5.68. The van der Waals surface area contributed by atoms with Crippen molar-refractivity contribution in [3.63, 3.8) is 0 Å². The third-order valence-corrected chi connectivity index (χ3v) is 1.46. The molecule has 0 saturated heterocycles. The molecule has 3 nitrogen and oxygen atoms in total. The van der Waals surface area contributed by atoms with Gasteiger partial charge in [-0.3, -0.25) is 0 Å². The van der Waals surface area contributed by atoms with E-state index in [1.165, 1.54) is 0 Å². The van der Waals surface area contributed by atoms with Crippen LogP contribution in [0.3, 0.4) is 0 Å². The summed E-state index contributed by atoms with van der Waals surface area (Å²) in [6.45, 7) is 0. The van der Waals surface area contributed by atoms with E-state index in [2.05, 4.69) is 4.98 Å². The quantitative estimate of drug-likeness (QED) is 0.679. The zero-order valence-corrected chi connectivity index (χ0v) is 5.86. The van der Waals surface area contributed by atoms with Gasteiger partial charge in [0.25, 0.3) is 0 Å². The predicted molar refractivity (Wildman–Crippen MR) is 45.3 cm³/mol. The van der Waals surface area contributed by atoms with Crippen molar-refractivity contribution in [2.75, 3.05) is 0 Å². The summed E-state index contributed by atoms with van der Waals surface area (Å²) < 4.78 is 37.5. The van der Waals surface area contributed by atoms with Gasteiger partial charge in [0.05, 0.1) is 12.4 Å². The van der Waals surface area contributed by atoms with Crippen LogP contribution in [0.1, 0.15) is 17.2 Å². The Morgan fingerprint density at radius 1 is 1.50 bits per heavy atom. The van der Waals surface area contributed by atoms with E-state index in [1.807, 2.05) is 0 Å². The second kappa shape index (κ2) is 2.37. The zero-order valence-electron chi connectivity index (χ0n) is 10.9. The van der Waals surface area contributed by atoms with Gasteiger partial charge in [0.2, 0.25) is 0 Å². The van der Waals surface area contributed by atoms with Gasteiger partial charge < -0.3 is 10.1 Å². The number of aromatic nitrogens is 1. The molecule has 1 aromatic heterocycles. The minimum absolute atomic E-state index is 0.0570. The Morgan fingerprint density at radius 2 is 2.25 bits per heavy atom. The number of carboxylic acid groups (broad SMARTS) is 1. The standard InChI is InChI=1S/C9H7NO2/c11-9(12)7-5-10-8-4-2-1-3-6(7)8/h1-5,10H,(H,11,12)/i1D,2D,3D,4D,5D. The molecule has 0 radical (unpaired) electrons. The number of H-pyrrole nitrogens is 1. The molecule has 2 rings (SSSR count). The third kappa shape index (κ3) is 0.871. The van der Waals surface area contributed by atoms with Crippen LogP contribution in [0.2, 0.25) is 0 Å². The average Bonchev–Trinajstić information content (AvgIpc) is 2.61. The molecule has 2 aromatic rings. The van der Waals surface area contributed by atoms with E-state index in [4.69, 9.17) is 12.0 Å². The number of nitrogens with one attached hydrogen (secondary N) is 1. The first kappa shape index (κ1) is 3.31. The van der Waals surface area contributed by atoms with Gasteiger partial charge in [-0.15, -0.1) is 0 Å². The second-order valence-corrected chi connectivity index (χ2v) is 2.18. The molecule has 0 unspecified atom stereocenters. The summed E-state index contributed by atoms with van der Waals surface area (Å²) in [6, 6.07) is -1.79. The number of carbonyl (C=O) groups is 1. The molecule has 0 fully saturated rings. The van der Waals surface area contributed by atoms with Crippen molar-refractivity contribution in [3.05, 3.63) is 35.9 Å². The smallest absolute Gasteiger partial charge is 0.337 e. The molecule has 2 N–H and O–H groups in total. The fourth-order valence-corrected chi connectivity index (χ4v) is 0.942. The highest BCUT2D eigenvalue weighted by molar-refractivity contribution is 6.02. The van der Waals surface area contributed by atoms with Crippen LogP contribution in [0, 0.1) is 0 Å². The van der Waals surface area contributed by atoms with Crippen molar-refractivity contribution >= 4 is 16.9 Å². The molecular formula is C9H7NO2. The summed E-state index contributed by atoms with van der Waals surface area (Å²) in [5, 5.41) is 8.78. The number of aromatic carboxylic acids is 1. The molecule has 12 heavy (non-hydrogen) atoms.